The molecule has 5 nitrogen and oxygen atoms in total. The largest absolute Gasteiger partial charge is 0.350 e. The fourth-order valence-corrected chi connectivity index (χ4v) is 2.25. The third-order valence-corrected chi connectivity index (χ3v) is 3.96. The van der Waals surface area contributed by atoms with Gasteiger partial charge in [0.05, 0.1) is 17.2 Å². The molecule has 112 valence electrons. The summed E-state index contributed by atoms with van der Waals surface area (Å²) in [5.74, 6) is -0.192. The van der Waals surface area contributed by atoms with Crippen molar-refractivity contribution in [2.75, 3.05) is 0 Å². The van der Waals surface area contributed by atoms with Crippen LogP contribution < -0.4 is 10.9 Å². The first-order valence-corrected chi connectivity index (χ1v) is 7.57. The number of fused-ring (bicyclic) bond motifs is 1. The minimum absolute atomic E-state index is 0.0265. The molecule has 0 atom stereocenters. The lowest BCUT2D eigenvalue weighted by Crippen LogP contribution is -2.45. The molecule has 0 aliphatic heterocycles. The molecule has 0 saturated heterocycles. The van der Waals surface area contributed by atoms with Gasteiger partial charge in [0.1, 0.15) is 6.54 Å². The lowest BCUT2D eigenvalue weighted by molar-refractivity contribution is -0.123. The second-order valence-electron chi connectivity index (χ2n) is 5.62. The van der Waals surface area contributed by atoms with Gasteiger partial charge in [-0.3, -0.25) is 14.2 Å². The zero-order valence-electron chi connectivity index (χ0n) is 12.3. The molecule has 21 heavy (non-hydrogen) atoms. The minimum atomic E-state index is -0.282. The summed E-state index contributed by atoms with van der Waals surface area (Å²) in [4.78, 5) is 28.6. The molecule has 2 rings (SSSR count). The molecule has 2 aromatic rings. The fraction of sp³-hybridized carbons (Fsp3) is 0.400. The minimum Gasteiger partial charge on any atom is -0.350 e. The predicted molar refractivity (Wildman–Crippen MR) is 86.2 cm³/mol. The Balaban J connectivity index is 2.28. The number of amides is 1. The van der Waals surface area contributed by atoms with Crippen LogP contribution in [0.4, 0.5) is 0 Å². The molecule has 0 fully saturated rings. The van der Waals surface area contributed by atoms with Crippen molar-refractivity contribution in [3.8, 4) is 0 Å². The highest BCUT2D eigenvalue weighted by Gasteiger charge is 2.18. The summed E-state index contributed by atoms with van der Waals surface area (Å²) in [6.07, 6.45) is 2.23. The SMILES string of the molecule is CCC(C)(C)NC(=O)Cn1cnc2cc(Br)ccc2c1=O. The van der Waals surface area contributed by atoms with Gasteiger partial charge in [0, 0.05) is 10.0 Å². The monoisotopic (exact) mass is 351 g/mol. The van der Waals surface area contributed by atoms with E-state index in [1.807, 2.05) is 20.8 Å². The summed E-state index contributed by atoms with van der Waals surface area (Å²) in [5.41, 5.74) is 0.118. The summed E-state index contributed by atoms with van der Waals surface area (Å²) in [6.45, 7) is 5.87. The van der Waals surface area contributed by atoms with Crippen LogP contribution in [0.5, 0.6) is 0 Å². The lowest BCUT2D eigenvalue weighted by atomic mass is 10.0. The Morgan fingerprint density at radius 1 is 1.43 bits per heavy atom. The normalized spacial score (nSPS) is 11.6. The first-order chi connectivity index (χ1) is 9.82. The molecule has 1 heterocycles. The number of aromatic nitrogens is 2. The third kappa shape index (κ3) is 3.69. The van der Waals surface area contributed by atoms with Crippen LogP contribution in [0.3, 0.4) is 0 Å². The second kappa shape index (κ2) is 5.97. The number of carbonyl (C=O) groups excluding carboxylic acids is 1. The summed E-state index contributed by atoms with van der Waals surface area (Å²) in [6, 6.07) is 5.27. The van der Waals surface area contributed by atoms with E-state index in [0.717, 1.165) is 10.9 Å². The standard InChI is InChI=1S/C15H18BrN3O2/c1-4-15(2,3)18-13(20)8-19-9-17-12-7-10(16)5-6-11(12)14(19)21/h5-7,9H,4,8H2,1-3H3,(H,18,20). The van der Waals surface area contributed by atoms with Crippen LogP contribution in [-0.4, -0.2) is 21.0 Å². The molecular formula is C15H18BrN3O2. The number of carbonyl (C=O) groups is 1. The van der Waals surface area contributed by atoms with Gasteiger partial charge < -0.3 is 5.32 Å². The van der Waals surface area contributed by atoms with Crippen LogP contribution in [0.1, 0.15) is 27.2 Å². The number of hydrogen-bond donors (Lipinski definition) is 1. The maximum absolute atomic E-state index is 12.3. The van der Waals surface area contributed by atoms with Crippen molar-refractivity contribution < 1.29 is 4.79 Å². The zero-order chi connectivity index (χ0) is 15.6. The molecule has 0 aliphatic rings. The van der Waals surface area contributed by atoms with Crippen LogP contribution in [-0.2, 0) is 11.3 Å². The molecule has 1 N–H and O–H groups in total. The van der Waals surface area contributed by atoms with Crippen molar-refractivity contribution in [1.29, 1.82) is 0 Å². The van der Waals surface area contributed by atoms with Gasteiger partial charge in [0.25, 0.3) is 5.56 Å². The van der Waals surface area contributed by atoms with Gasteiger partial charge in [-0.1, -0.05) is 22.9 Å². The number of nitrogens with zero attached hydrogens (tertiary/aromatic N) is 2. The quantitative estimate of drug-likeness (QED) is 0.920. The highest BCUT2D eigenvalue weighted by Crippen LogP contribution is 2.14. The first kappa shape index (κ1) is 15.7. The Morgan fingerprint density at radius 2 is 2.14 bits per heavy atom. The topological polar surface area (TPSA) is 64.0 Å². The van der Waals surface area contributed by atoms with Gasteiger partial charge in [-0.2, -0.15) is 0 Å². The Morgan fingerprint density at radius 3 is 2.81 bits per heavy atom. The maximum Gasteiger partial charge on any atom is 0.261 e. The van der Waals surface area contributed by atoms with E-state index in [4.69, 9.17) is 0 Å². The van der Waals surface area contributed by atoms with Gasteiger partial charge in [-0.15, -0.1) is 0 Å². The van der Waals surface area contributed by atoms with Gasteiger partial charge in [0.2, 0.25) is 5.91 Å². The van der Waals surface area contributed by atoms with Crippen LogP contribution in [0, 0.1) is 0 Å². The van der Waals surface area contributed by atoms with E-state index in [1.165, 1.54) is 10.9 Å². The third-order valence-electron chi connectivity index (χ3n) is 3.46. The van der Waals surface area contributed by atoms with Gasteiger partial charge in [-0.05, 0) is 38.5 Å². The molecule has 0 unspecified atom stereocenters. The molecular weight excluding hydrogens is 334 g/mol. The molecule has 0 bridgehead atoms. The van der Waals surface area contributed by atoms with E-state index in [0.29, 0.717) is 10.9 Å². The van der Waals surface area contributed by atoms with Gasteiger partial charge in [0.15, 0.2) is 0 Å². The van der Waals surface area contributed by atoms with Gasteiger partial charge in [-0.25, -0.2) is 4.98 Å². The van der Waals surface area contributed by atoms with E-state index >= 15 is 0 Å². The smallest absolute Gasteiger partial charge is 0.261 e. The van der Waals surface area contributed by atoms with Crippen LogP contribution >= 0.6 is 15.9 Å². The molecule has 0 saturated carbocycles. The van der Waals surface area contributed by atoms with Crippen molar-refractivity contribution >= 4 is 32.7 Å². The lowest BCUT2D eigenvalue weighted by Gasteiger charge is -2.24. The van der Waals surface area contributed by atoms with Crippen molar-refractivity contribution in [2.45, 2.75) is 39.3 Å². The Labute approximate surface area is 131 Å². The predicted octanol–water partition coefficient (Wildman–Crippen LogP) is 2.46. The fourth-order valence-electron chi connectivity index (χ4n) is 1.90. The second-order valence-corrected chi connectivity index (χ2v) is 6.54. The van der Waals surface area contributed by atoms with Gasteiger partial charge >= 0.3 is 0 Å². The molecule has 1 aromatic heterocycles. The Hall–Kier alpha value is -1.69. The molecule has 1 aromatic carbocycles. The zero-order valence-corrected chi connectivity index (χ0v) is 13.9. The number of rotatable bonds is 4. The van der Waals surface area contributed by atoms with E-state index in [1.54, 1.807) is 18.2 Å². The van der Waals surface area contributed by atoms with E-state index in [2.05, 4.69) is 26.2 Å². The van der Waals surface area contributed by atoms with E-state index in [9.17, 15) is 9.59 Å². The average Bonchev–Trinajstić information content (AvgIpc) is 2.41. The van der Waals surface area contributed by atoms with Crippen LogP contribution in [0.2, 0.25) is 0 Å². The number of nitrogens with one attached hydrogen (secondary N) is 1. The van der Waals surface area contributed by atoms with Crippen LogP contribution in [0.15, 0.2) is 33.8 Å². The summed E-state index contributed by atoms with van der Waals surface area (Å²) < 4.78 is 2.19. The summed E-state index contributed by atoms with van der Waals surface area (Å²) >= 11 is 3.34. The highest BCUT2D eigenvalue weighted by molar-refractivity contribution is 9.10. The van der Waals surface area contributed by atoms with Crippen molar-refractivity contribution in [3.63, 3.8) is 0 Å². The summed E-state index contributed by atoms with van der Waals surface area (Å²) in [7, 11) is 0. The van der Waals surface area contributed by atoms with E-state index < -0.39 is 0 Å². The molecule has 0 spiro atoms. The number of hydrogen-bond acceptors (Lipinski definition) is 3. The maximum atomic E-state index is 12.3. The van der Waals surface area contributed by atoms with Crippen molar-refractivity contribution in [2.24, 2.45) is 0 Å². The highest BCUT2D eigenvalue weighted by atomic mass is 79.9. The molecule has 0 radical (unpaired) electrons. The molecule has 0 aliphatic carbocycles. The Kier molecular flexibility index (Phi) is 4.46. The first-order valence-electron chi connectivity index (χ1n) is 6.78. The summed E-state index contributed by atoms with van der Waals surface area (Å²) in [5, 5.41) is 3.41. The number of halogens is 1. The van der Waals surface area contributed by atoms with Crippen molar-refractivity contribution in [3.05, 3.63) is 39.4 Å². The Bertz CT molecular complexity index is 737. The molecule has 1 amide bonds. The average molecular weight is 352 g/mol. The van der Waals surface area contributed by atoms with Crippen LogP contribution in [0.25, 0.3) is 10.9 Å². The number of benzene rings is 1. The van der Waals surface area contributed by atoms with Crippen molar-refractivity contribution in [1.82, 2.24) is 14.9 Å². The molecule has 6 heteroatoms. The van der Waals surface area contributed by atoms with E-state index in [-0.39, 0.29) is 23.6 Å².